The van der Waals surface area contributed by atoms with Crippen LogP contribution in [0.2, 0.25) is 0 Å². The fourth-order valence-corrected chi connectivity index (χ4v) is 1.30. The van der Waals surface area contributed by atoms with Crippen molar-refractivity contribution in [1.82, 2.24) is 5.01 Å². The molecule has 1 amide bonds. The van der Waals surface area contributed by atoms with Crippen LogP contribution in [-0.4, -0.2) is 40.4 Å². The van der Waals surface area contributed by atoms with Crippen LogP contribution in [0.4, 0.5) is 0 Å². The number of aromatic hydroxyl groups is 1. The van der Waals surface area contributed by atoms with Gasteiger partial charge in [-0.3, -0.25) is 4.79 Å². The van der Waals surface area contributed by atoms with E-state index in [2.05, 4.69) is 5.10 Å². The van der Waals surface area contributed by atoms with Crippen LogP contribution in [0, 0.1) is 0 Å². The Morgan fingerprint density at radius 1 is 1.44 bits per heavy atom. The molecule has 0 unspecified atom stereocenters. The largest absolute Gasteiger partial charge is 0.507 e. The van der Waals surface area contributed by atoms with Gasteiger partial charge < -0.3 is 14.9 Å². The number of hydrogen-bond donors (Lipinski definition) is 2. The number of ether oxygens (including phenoxy) is 1. The van der Waals surface area contributed by atoms with Crippen molar-refractivity contribution in [2.24, 2.45) is 5.10 Å². The van der Waals surface area contributed by atoms with E-state index < -0.39 is 12.6 Å². The molecule has 6 heteroatoms. The Morgan fingerprint density at radius 2 is 2.19 bits per heavy atom. The summed E-state index contributed by atoms with van der Waals surface area (Å²) in [7, 11) is 0. The molecule has 6 nitrogen and oxygen atoms in total. The van der Waals surface area contributed by atoms with E-state index in [1.54, 1.807) is 18.2 Å². The maximum Gasteiger partial charge on any atom is 0.282 e. The fourth-order valence-electron chi connectivity index (χ4n) is 1.30. The summed E-state index contributed by atoms with van der Waals surface area (Å²) in [6, 6.07) is 6.47. The number of nitrogens with zero attached hydrogens (tertiary/aromatic N) is 2. The van der Waals surface area contributed by atoms with Gasteiger partial charge in [-0.15, -0.1) is 5.10 Å². The van der Waals surface area contributed by atoms with Gasteiger partial charge in [-0.1, -0.05) is 12.1 Å². The number of aliphatic hydroxyl groups is 1. The minimum absolute atomic E-state index is 0.00786. The zero-order chi connectivity index (χ0) is 11.5. The van der Waals surface area contributed by atoms with Gasteiger partial charge in [0.2, 0.25) is 5.90 Å². The molecule has 0 saturated heterocycles. The highest BCUT2D eigenvalue weighted by Gasteiger charge is 2.23. The summed E-state index contributed by atoms with van der Waals surface area (Å²) in [5, 5.41) is 23.1. The number of aliphatic hydroxyl groups excluding tert-OH is 1. The van der Waals surface area contributed by atoms with E-state index in [4.69, 9.17) is 9.84 Å². The lowest BCUT2D eigenvalue weighted by atomic mass is 10.2. The van der Waals surface area contributed by atoms with Crippen molar-refractivity contribution in [3.63, 3.8) is 0 Å². The first-order chi connectivity index (χ1) is 7.72. The number of carbonyl (C=O) groups excluding carboxylic acids is 1. The molecular weight excluding hydrogens is 212 g/mol. The number of benzene rings is 1. The van der Waals surface area contributed by atoms with E-state index >= 15 is 0 Å². The molecule has 2 rings (SSSR count). The molecule has 1 aliphatic rings. The lowest BCUT2D eigenvalue weighted by Crippen LogP contribution is -2.37. The summed E-state index contributed by atoms with van der Waals surface area (Å²) in [5.74, 6) is -0.304. The van der Waals surface area contributed by atoms with Gasteiger partial charge in [0, 0.05) is 0 Å². The highest BCUT2D eigenvalue weighted by atomic mass is 16.5. The molecule has 0 aromatic heterocycles. The monoisotopic (exact) mass is 222 g/mol. The molecule has 0 saturated carbocycles. The van der Waals surface area contributed by atoms with E-state index in [0.717, 1.165) is 5.01 Å². The molecular formula is C10H10N2O4. The topological polar surface area (TPSA) is 82.4 Å². The standard InChI is InChI=1S/C10H10N2O4/c13-6-12-9(15)5-16-10(11-12)7-3-1-2-4-8(7)14/h1-4,13-14H,5-6H2. The van der Waals surface area contributed by atoms with Gasteiger partial charge in [-0.05, 0) is 12.1 Å². The SMILES string of the molecule is O=C1COC(c2ccccc2O)=NN1CO. The number of para-hydroxylation sites is 1. The minimum Gasteiger partial charge on any atom is -0.507 e. The third-order valence-corrected chi connectivity index (χ3v) is 2.10. The predicted octanol–water partition coefficient (Wildman–Crippen LogP) is -0.138. The molecule has 16 heavy (non-hydrogen) atoms. The number of carbonyl (C=O) groups is 1. The Bertz CT molecular complexity index is 444. The van der Waals surface area contributed by atoms with E-state index in [1.807, 2.05) is 0 Å². The lowest BCUT2D eigenvalue weighted by Gasteiger charge is -2.21. The molecule has 1 aromatic rings. The molecule has 1 heterocycles. The highest BCUT2D eigenvalue weighted by Crippen LogP contribution is 2.19. The zero-order valence-electron chi connectivity index (χ0n) is 8.33. The first kappa shape index (κ1) is 10.4. The average molecular weight is 222 g/mol. The first-order valence-corrected chi connectivity index (χ1v) is 4.63. The maximum absolute atomic E-state index is 11.2. The van der Waals surface area contributed by atoms with Crippen molar-refractivity contribution < 1.29 is 19.7 Å². The summed E-state index contributed by atoms with van der Waals surface area (Å²) in [5.41, 5.74) is 0.383. The van der Waals surface area contributed by atoms with E-state index in [-0.39, 0.29) is 18.3 Å². The molecule has 0 aliphatic carbocycles. The molecule has 0 spiro atoms. The summed E-state index contributed by atoms with van der Waals surface area (Å²) in [6.07, 6.45) is 0. The van der Waals surface area contributed by atoms with Gasteiger partial charge in [0.25, 0.3) is 5.91 Å². The molecule has 0 radical (unpaired) electrons. The van der Waals surface area contributed by atoms with Crippen LogP contribution in [0.15, 0.2) is 29.4 Å². The molecule has 0 atom stereocenters. The van der Waals surface area contributed by atoms with Crippen molar-refractivity contribution in [3.8, 4) is 5.75 Å². The summed E-state index contributed by atoms with van der Waals surface area (Å²) >= 11 is 0. The van der Waals surface area contributed by atoms with Crippen molar-refractivity contribution in [1.29, 1.82) is 0 Å². The molecule has 0 fully saturated rings. The Labute approximate surface area is 91.4 Å². The van der Waals surface area contributed by atoms with Crippen LogP contribution < -0.4 is 0 Å². The highest BCUT2D eigenvalue weighted by molar-refractivity contribution is 5.99. The lowest BCUT2D eigenvalue weighted by molar-refractivity contribution is -0.139. The average Bonchev–Trinajstić information content (AvgIpc) is 2.31. The van der Waals surface area contributed by atoms with E-state index in [0.29, 0.717) is 5.56 Å². The number of phenols is 1. The number of hydrazone groups is 1. The van der Waals surface area contributed by atoms with Crippen molar-refractivity contribution >= 4 is 11.8 Å². The molecule has 1 aromatic carbocycles. The zero-order valence-corrected chi connectivity index (χ0v) is 8.33. The molecule has 2 N–H and O–H groups in total. The van der Waals surface area contributed by atoms with Gasteiger partial charge in [-0.25, -0.2) is 5.01 Å². The number of phenolic OH excluding ortho intramolecular Hbond substituents is 1. The fraction of sp³-hybridized carbons (Fsp3) is 0.200. The van der Waals surface area contributed by atoms with Gasteiger partial charge in [-0.2, -0.15) is 0 Å². The van der Waals surface area contributed by atoms with E-state index in [9.17, 15) is 9.90 Å². The maximum atomic E-state index is 11.2. The number of rotatable bonds is 2. The second kappa shape index (κ2) is 4.19. The second-order valence-electron chi connectivity index (χ2n) is 3.15. The van der Waals surface area contributed by atoms with Crippen molar-refractivity contribution in [2.45, 2.75) is 0 Å². The van der Waals surface area contributed by atoms with Crippen LogP contribution >= 0.6 is 0 Å². The van der Waals surface area contributed by atoms with Crippen LogP contribution in [0.5, 0.6) is 5.75 Å². The van der Waals surface area contributed by atoms with E-state index in [1.165, 1.54) is 6.07 Å². The Hall–Kier alpha value is -2.08. The van der Waals surface area contributed by atoms with Gasteiger partial charge in [0.05, 0.1) is 5.56 Å². The number of hydrogen-bond acceptors (Lipinski definition) is 5. The first-order valence-electron chi connectivity index (χ1n) is 4.63. The van der Waals surface area contributed by atoms with Crippen LogP contribution in [-0.2, 0) is 9.53 Å². The van der Waals surface area contributed by atoms with Gasteiger partial charge in [0.15, 0.2) is 6.61 Å². The molecule has 0 bridgehead atoms. The predicted molar refractivity (Wildman–Crippen MR) is 54.5 cm³/mol. The Kier molecular flexibility index (Phi) is 2.74. The minimum atomic E-state index is -0.515. The molecule has 1 aliphatic heterocycles. The molecule has 84 valence electrons. The second-order valence-corrected chi connectivity index (χ2v) is 3.15. The van der Waals surface area contributed by atoms with Crippen molar-refractivity contribution in [3.05, 3.63) is 29.8 Å². The Balaban J connectivity index is 2.35. The van der Waals surface area contributed by atoms with Gasteiger partial charge in [0.1, 0.15) is 12.5 Å². The summed E-state index contributed by atoms with van der Waals surface area (Å²) in [4.78, 5) is 11.2. The van der Waals surface area contributed by atoms with Crippen molar-refractivity contribution in [2.75, 3.05) is 13.3 Å². The Morgan fingerprint density at radius 3 is 2.88 bits per heavy atom. The quantitative estimate of drug-likeness (QED) is 0.729. The third-order valence-electron chi connectivity index (χ3n) is 2.10. The van der Waals surface area contributed by atoms with Crippen LogP contribution in [0.25, 0.3) is 0 Å². The third kappa shape index (κ3) is 1.82. The number of amides is 1. The van der Waals surface area contributed by atoms with Crippen LogP contribution in [0.1, 0.15) is 5.56 Å². The normalized spacial score (nSPS) is 15.7. The summed E-state index contributed by atoms with van der Waals surface area (Å²) in [6.45, 7) is -0.715. The summed E-state index contributed by atoms with van der Waals surface area (Å²) < 4.78 is 5.08. The van der Waals surface area contributed by atoms with Gasteiger partial charge >= 0.3 is 0 Å². The smallest absolute Gasteiger partial charge is 0.282 e. The van der Waals surface area contributed by atoms with Crippen LogP contribution in [0.3, 0.4) is 0 Å².